The lowest BCUT2D eigenvalue weighted by Gasteiger charge is -2.26. The van der Waals surface area contributed by atoms with Crippen molar-refractivity contribution in [2.45, 2.75) is 49.9 Å². The summed E-state index contributed by atoms with van der Waals surface area (Å²) in [5, 5.41) is 13.3. The Bertz CT molecular complexity index is 575. The molecular weight excluding hydrogens is 309 g/mol. The maximum absolute atomic E-state index is 13.6. The molecule has 2 aliphatic rings. The Kier molecular flexibility index (Phi) is 4.39. The van der Waals surface area contributed by atoms with Gasteiger partial charge in [-0.3, -0.25) is 4.79 Å². The number of hydrogen-bond acceptors (Lipinski definition) is 3. The standard InChI is InChI=1S/C16H19ClFNO3/c17-11-4-3-10(9-12(11)18)14-13(5-8-22-14)19-15(20)16(21)6-1-2-7-16/h3-4,9,13-14,21H,1-2,5-8H2,(H,19,20)/t13-,14+/m1/s1. The largest absolute Gasteiger partial charge is 0.380 e. The molecule has 22 heavy (non-hydrogen) atoms. The lowest BCUT2D eigenvalue weighted by molar-refractivity contribution is -0.140. The molecule has 4 nitrogen and oxygen atoms in total. The minimum atomic E-state index is -1.27. The van der Waals surface area contributed by atoms with E-state index in [1.165, 1.54) is 12.1 Å². The molecule has 2 atom stereocenters. The van der Waals surface area contributed by atoms with Crippen LogP contribution >= 0.6 is 11.6 Å². The molecule has 0 unspecified atom stereocenters. The van der Waals surface area contributed by atoms with Crippen molar-refractivity contribution in [3.05, 3.63) is 34.6 Å². The Hall–Kier alpha value is -1.17. The van der Waals surface area contributed by atoms with Gasteiger partial charge in [0, 0.05) is 6.61 Å². The normalized spacial score (nSPS) is 27.0. The van der Waals surface area contributed by atoms with Crippen LogP contribution in [0.5, 0.6) is 0 Å². The molecule has 2 N–H and O–H groups in total. The molecule has 1 saturated heterocycles. The van der Waals surface area contributed by atoms with Gasteiger partial charge in [0.15, 0.2) is 0 Å². The van der Waals surface area contributed by atoms with Crippen LogP contribution in [0.2, 0.25) is 5.02 Å². The van der Waals surface area contributed by atoms with Crippen molar-refractivity contribution in [2.24, 2.45) is 0 Å². The van der Waals surface area contributed by atoms with E-state index in [1.807, 2.05) is 0 Å². The first-order chi connectivity index (χ1) is 10.5. The highest BCUT2D eigenvalue weighted by atomic mass is 35.5. The van der Waals surface area contributed by atoms with Crippen molar-refractivity contribution >= 4 is 17.5 Å². The molecule has 3 rings (SSSR count). The van der Waals surface area contributed by atoms with E-state index in [0.29, 0.717) is 31.4 Å². The summed E-state index contributed by atoms with van der Waals surface area (Å²) >= 11 is 5.69. The van der Waals surface area contributed by atoms with Crippen molar-refractivity contribution in [2.75, 3.05) is 6.61 Å². The molecule has 1 saturated carbocycles. The van der Waals surface area contributed by atoms with Gasteiger partial charge < -0.3 is 15.2 Å². The minimum absolute atomic E-state index is 0.0580. The number of ether oxygens (including phenoxy) is 1. The van der Waals surface area contributed by atoms with Gasteiger partial charge in [-0.2, -0.15) is 0 Å². The van der Waals surface area contributed by atoms with E-state index in [9.17, 15) is 14.3 Å². The summed E-state index contributed by atoms with van der Waals surface area (Å²) in [5.74, 6) is -0.853. The fraction of sp³-hybridized carbons (Fsp3) is 0.562. The van der Waals surface area contributed by atoms with Crippen LogP contribution in [-0.4, -0.2) is 29.3 Å². The predicted octanol–water partition coefficient (Wildman–Crippen LogP) is 2.73. The van der Waals surface area contributed by atoms with Crippen LogP contribution in [0.1, 0.15) is 43.8 Å². The molecule has 1 amide bonds. The fourth-order valence-corrected chi connectivity index (χ4v) is 3.36. The summed E-state index contributed by atoms with van der Waals surface area (Å²) in [6.45, 7) is 0.484. The number of aliphatic hydroxyl groups is 1. The molecule has 0 radical (unpaired) electrons. The molecule has 0 bridgehead atoms. The van der Waals surface area contributed by atoms with Gasteiger partial charge in [-0.1, -0.05) is 17.7 Å². The third-order valence-electron chi connectivity index (χ3n) is 4.53. The van der Waals surface area contributed by atoms with E-state index in [-0.39, 0.29) is 17.0 Å². The van der Waals surface area contributed by atoms with Crippen molar-refractivity contribution < 1.29 is 19.0 Å². The van der Waals surface area contributed by atoms with Crippen LogP contribution in [0.15, 0.2) is 18.2 Å². The molecular formula is C16H19ClFNO3. The summed E-state index contributed by atoms with van der Waals surface area (Å²) in [5.41, 5.74) is -0.624. The summed E-state index contributed by atoms with van der Waals surface area (Å²) in [6.07, 6.45) is 2.92. The number of benzene rings is 1. The number of halogens is 2. The number of carbonyl (C=O) groups is 1. The van der Waals surface area contributed by atoms with Gasteiger partial charge in [0.1, 0.15) is 17.5 Å². The van der Waals surface area contributed by atoms with Gasteiger partial charge >= 0.3 is 0 Å². The van der Waals surface area contributed by atoms with E-state index >= 15 is 0 Å². The zero-order valence-corrected chi connectivity index (χ0v) is 12.9. The third-order valence-corrected chi connectivity index (χ3v) is 4.84. The summed E-state index contributed by atoms with van der Waals surface area (Å²) in [7, 11) is 0. The maximum atomic E-state index is 13.6. The first-order valence-corrected chi connectivity index (χ1v) is 7.97. The van der Waals surface area contributed by atoms with Gasteiger partial charge in [-0.25, -0.2) is 4.39 Å². The molecule has 1 heterocycles. The van der Waals surface area contributed by atoms with Crippen LogP contribution in [0.4, 0.5) is 4.39 Å². The average Bonchev–Trinajstić information content (AvgIpc) is 3.12. The topological polar surface area (TPSA) is 58.6 Å². The van der Waals surface area contributed by atoms with Crippen molar-refractivity contribution in [1.82, 2.24) is 5.32 Å². The van der Waals surface area contributed by atoms with Crippen LogP contribution in [0, 0.1) is 5.82 Å². The summed E-state index contributed by atoms with van der Waals surface area (Å²) in [6, 6.07) is 4.25. The summed E-state index contributed by atoms with van der Waals surface area (Å²) < 4.78 is 19.3. The monoisotopic (exact) mass is 327 g/mol. The van der Waals surface area contributed by atoms with E-state index in [2.05, 4.69) is 5.32 Å². The molecule has 1 aliphatic heterocycles. The van der Waals surface area contributed by atoms with Crippen LogP contribution in [0.25, 0.3) is 0 Å². The number of carbonyl (C=O) groups excluding carboxylic acids is 1. The van der Waals surface area contributed by atoms with Crippen LogP contribution in [0.3, 0.4) is 0 Å². The first kappa shape index (κ1) is 15.7. The van der Waals surface area contributed by atoms with E-state index < -0.39 is 17.5 Å². The predicted molar refractivity (Wildman–Crippen MR) is 80.1 cm³/mol. The Labute approximate surface area is 133 Å². The number of amides is 1. The maximum Gasteiger partial charge on any atom is 0.252 e. The molecule has 2 fully saturated rings. The number of nitrogens with one attached hydrogen (secondary N) is 1. The van der Waals surface area contributed by atoms with Crippen LogP contribution < -0.4 is 5.32 Å². The third kappa shape index (κ3) is 2.98. The lowest BCUT2D eigenvalue weighted by atomic mass is 9.98. The quantitative estimate of drug-likeness (QED) is 0.897. The second-order valence-electron chi connectivity index (χ2n) is 6.07. The van der Waals surface area contributed by atoms with Crippen molar-refractivity contribution in [3.63, 3.8) is 0 Å². The highest BCUT2D eigenvalue weighted by Gasteiger charge is 2.41. The van der Waals surface area contributed by atoms with Crippen LogP contribution in [-0.2, 0) is 9.53 Å². The summed E-state index contributed by atoms with van der Waals surface area (Å²) in [4.78, 5) is 12.3. The lowest BCUT2D eigenvalue weighted by Crippen LogP contribution is -2.49. The van der Waals surface area contributed by atoms with E-state index in [0.717, 1.165) is 12.8 Å². The zero-order chi connectivity index (χ0) is 15.7. The second-order valence-corrected chi connectivity index (χ2v) is 6.48. The molecule has 1 aliphatic carbocycles. The van der Waals surface area contributed by atoms with Gasteiger partial charge in [0.25, 0.3) is 5.91 Å². The van der Waals surface area contributed by atoms with Gasteiger partial charge in [0.2, 0.25) is 0 Å². The highest BCUT2D eigenvalue weighted by molar-refractivity contribution is 6.30. The molecule has 0 aromatic heterocycles. The molecule has 120 valence electrons. The first-order valence-electron chi connectivity index (χ1n) is 7.59. The van der Waals surface area contributed by atoms with E-state index in [4.69, 9.17) is 16.3 Å². The SMILES string of the molecule is O=C(N[C@@H]1CCO[C@H]1c1ccc(Cl)c(F)c1)C1(O)CCCC1. The number of rotatable bonds is 3. The molecule has 1 aromatic carbocycles. The Morgan fingerprint density at radius 1 is 1.41 bits per heavy atom. The Morgan fingerprint density at radius 3 is 2.82 bits per heavy atom. The Balaban J connectivity index is 1.73. The van der Waals surface area contributed by atoms with Gasteiger partial charge in [0.05, 0.1) is 11.1 Å². The highest BCUT2D eigenvalue weighted by Crippen LogP contribution is 2.33. The fourth-order valence-electron chi connectivity index (χ4n) is 3.24. The number of hydrogen-bond donors (Lipinski definition) is 2. The minimum Gasteiger partial charge on any atom is -0.380 e. The van der Waals surface area contributed by atoms with E-state index in [1.54, 1.807) is 6.07 Å². The zero-order valence-electron chi connectivity index (χ0n) is 12.1. The van der Waals surface area contributed by atoms with Crippen molar-refractivity contribution in [3.8, 4) is 0 Å². The smallest absolute Gasteiger partial charge is 0.252 e. The molecule has 0 spiro atoms. The molecule has 1 aromatic rings. The second kappa shape index (κ2) is 6.14. The van der Waals surface area contributed by atoms with Crippen molar-refractivity contribution in [1.29, 1.82) is 0 Å². The average molecular weight is 328 g/mol. The van der Waals surface area contributed by atoms with Gasteiger partial charge in [-0.05, 0) is 49.8 Å². The van der Waals surface area contributed by atoms with Gasteiger partial charge in [-0.15, -0.1) is 0 Å². The molecule has 6 heteroatoms. The Morgan fingerprint density at radius 2 is 2.14 bits per heavy atom.